The molecule has 1 atom stereocenters. The van der Waals surface area contributed by atoms with E-state index in [1.54, 1.807) is 11.8 Å². The number of amides is 1. The quantitative estimate of drug-likeness (QED) is 0.885. The molecule has 1 aromatic carbocycles. The Morgan fingerprint density at radius 3 is 3.05 bits per heavy atom. The van der Waals surface area contributed by atoms with E-state index >= 15 is 0 Å². The second-order valence-electron chi connectivity index (χ2n) is 5.29. The number of nitrogens with one attached hydrogen (secondary N) is 1. The van der Waals surface area contributed by atoms with Gasteiger partial charge in [-0.15, -0.1) is 11.8 Å². The van der Waals surface area contributed by atoms with Crippen LogP contribution in [0.4, 0.5) is 0 Å². The SMILES string of the molecule is CSc1ccc(C)c(C(=O)N2CC[C@@H](c3ncn[nH]3)C2)c1. The number of rotatable bonds is 3. The number of benzene rings is 1. The number of carbonyl (C=O) groups excluding carboxylic acids is 1. The number of hydrogen-bond acceptors (Lipinski definition) is 4. The minimum atomic E-state index is 0.116. The molecular formula is C15H18N4OS. The maximum absolute atomic E-state index is 12.7. The fourth-order valence-corrected chi connectivity index (χ4v) is 3.15. The number of likely N-dealkylation sites (tertiary alicyclic amines) is 1. The van der Waals surface area contributed by atoms with Crippen LogP contribution in [0.1, 0.15) is 34.1 Å². The Bertz CT molecular complexity index is 641. The van der Waals surface area contributed by atoms with Gasteiger partial charge in [0.1, 0.15) is 12.2 Å². The van der Waals surface area contributed by atoms with Crippen molar-refractivity contribution in [1.82, 2.24) is 20.1 Å². The summed E-state index contributed by atoms with van der Waals surface area (Å²) in [5.74, 6) is 1.26. The fraction of sp³-hybridized carbons (Fsp3) is 0.400. The lowest BCUT2D eigenvalue weighted by Crippen LogP contribution is -2.29. The molecule has 0 radical (unpaired) electrons. The predicted octanol–water partition coefficient (Wildman–Crippen LogP) is 2.46. The number of aromatic amines is 1. The third-order valence-electron chi connectivity index (χ3n) is 3.97. The number of aryl methyl sites for hydroxylation is 1. The number of aromatic nitrogens is 3. The van der Waals surface area contributed by atoms with Crippen molar-refractivity contribution in [2.45, 2.75) is 24.2 Å². The minimum absolute atomic E-state index is 0.116. The minimum Gasteiger partial charge on any atom is -0.338 e. The number of thioether (sulfide) groups is 1. The van der Waals surface area contributed by atoms with Gasteiger partial charge in [-0.2, -0.15) is 5.10 Å². The molecule has 2 heterocycles. The zero-order valence-corrected chi connectivity index (χ0v) is 13.0. The lowest BCUT2D eigenvalue weighted by molar-refractivity contribution is 0.0789. The van der Waals surface area contributed by atoms with Gasteiger partial charge in [-0.1, -0.05) is 6.07 Å². The van der Waals surface area contributed by atoms with E-state index in [1.165, 1.54) is 6.33 Å². The second-order valence-corrected chi connectivity index (χ2v) is 6.17. The Hall–Kier alpha value is -1.82. The molecule has 0 unspecified atom stereocenters. The summed E-state index contributed by atoms with van der Waals surface area (Å²) in [4.78, 5) is 20.0. The van der Waals surface area contributed by atoms with Crippen LogP contribution in [0.2, 0.25) is 0 Å². The molecular weight excluding hydrogens is 284 g/mol. The molecule has 0 saturated carbocycles. The summed E-state index contributed by atoms with van der Waals surface area (Å²) < 4.78 is 0. The summed E-state index contributed by atoms with van der Waals surface area (Å²) >= 11 is 1.66. The van der Waals surface area contributed by atoms with Gasteiger partial charge in [-0.05, 0) is 37.3 Å². The van der Waals surface area contributed by atoms with Crippen molar-refractivity contribution in [2.75, 3.05) is 19.3 Å². The first-order chi connectivity index (χ1) is 10.2. The van der Waals surface area contributed by atoms with Gasteiger partial charge in [0.2, 0.25) is 0 Å². The van der Waals surface area contributed by atoms with Crippen molar-refractivity contribution < 1.29 is 4.79 Å². The molecule has 0 bridgehead atoms. The number of H-pyrrole nitrogens is 1. The van der Waals surface area contributed by atoms with E-state index in [0.29, 0.717) is 6.54 Å². The largest absolute Gasteiger partial charge is 0.338 e. The van der Waals surface area contributed by atoms with E-state index in [1.807, 2.05) is 30.2 Å². The standard InChI is InChI=1S/C15H18N4OS/c1-10-3-4-12(21-2)7-13(10)15(20)19-6-5-11(8-19)14-16-9-17-18-14/h3-4,7,9,11H,5-6,8H2,1-2H3,(H,16,17,18)/t11-/m1/s1. The Morgan fingerprint density at radius 2 is 2.33 bits per heavy atom. The first-order valence-electron chi connectivity index (χ1n) is 6.98. The predicted molar refractivity (Wildman–Crippen MR) is 82.6 cm³/mol. The molecule has 0 aliphatic carbocycles. The Morgan fingerprint density at radius 1 is 1.48 bits per heavy atom. The molecule has 3 rings (SSSR count). The summed E-state index contributed by atoms with van der Waals surface area (Å²) in [6.07, 6.45) is 4.48. The van der Waals surface area contributed by atoms with Crippen molar-refractivity contribution in [3.8, 4) is 0 Å². The zero-order valence-electron chi connectivity index (χ0n) is 12.2. The highest BCUT2D eigenvalue weighted by Gasteiger charge is 2.30. The first-order valence-corrected chi connectivity index (χ1v) is 8.20. The number of carbonyl (C=O) groups is 1. The maximum atomic E-state index is 12.7. The lowest BCUT2D eigenvalue weighted by Gasteiger charge is -2.18. The van der Waals surface area contributed by atoms with Crippen molar-refractivity contribution in [3.63, 3.8) is 0 Å². The second kappa shape index (κ2) is 5.89. The maximum Gasteiger partial charge on any atom is 0.254 e. The van der Waals surface area contributed by atoms with E-state index in [-0.39, 0.29) is 11.8 Å². The molecule has 1 aliphatic rings. The molecule has 1 fully saturated rings. The molecule has 0 spiro atoms. The average molecular weight is 302 g/mol. The van der Waals surface area contributed by atoms with Crippen molar-refractivity contribution in [1.29, 1.82) is 0 Å². The van der Waals surface area contributed by atoms with E-state index in [4.69, 9.17) is 0 Å². The van der Waals surface area contributed by atoms with Gasteiger partial charge in [-0.25, -0.2) is 4.98 Å². The van der Waals surface area contributed by atoms with E-state index in [2.05, 4.69) is 21.2 Å². The van der Waals surface area contributed by atoms with Crippen LogP contribution < -0.4 is 0 Å². The molecule has 5 nitrogen and oxygen atoms in total. The fourth-order valence-electron chi connectivity index (χ4n) is 2.71. The third kappa shape index (κ3) is 2.81. The van der Waals surface area contributed by atoms with Gasteiger partial charge in [-0.3, -0.25) is 9.89 Å². The summed E-state index contributed by atoms with van der Waals surface area (Å²) in [7, 11) is 0. The third-order valence-corrected chi connectivity index (χ3v) is 4.70. The Labute approximate surface area is 128 Å². The van der Waals surface area contributed by atoms with Gasteiger partial charge in [0.15, 0.2) is 0 Å². The molecule has 21 heavy (non-hydrogen) atoms. The molecule has 110 valence electrons. The lowest BCUT2D eigenvalue weighted by atomic mass is 10.1. The molecule has 1 saturated heterocycles. The van der Waals surface area contributed by atoms with Crippen molar-refractivity contribution >= 4 is 17.7 Å². The van der Waals surface area contributed by atoms with Crippen LogP contribution >= 0.6 is 11.8 Å². The molecule has 6 heteroatoms. The van der Waals surface area contributed by atoms with Gasteiger partial charge in [0, 0.05) is 29.5 Å². The van der Waals surface area contributed by atoms with Crippen LogP contribution in [0, 0.1) is 6.92 Å². The highest BCUT2D eigenvalue weighted by atomic mass is 32.2. The molecule has 1 amide bonds. The number of hydrogen-bond donors (Lipinski definition) is 1. The first kappa shape index (κ1) is 14.1. The smallest absolute Gasteiger partial charge is 0.254 e. The van der Waals surface area contributed by atoms with Crippen molar-refractivity contribution in [3.05, 3.63) is 41.5 Å². The number of nitrogens with zero attached hydrogens (tertiary/aromatic N) is 3. The highest BCUT2D eigenvalue weighted by Crippen LogP contribution is 2.27. The van der Waals surface area contributed by atoms with E-state index in [9.17, 15) is 4.79 Å². The summed E-state index contributed by atoms with van der Waals surface area (Å²) in [5, 5.41) is 6.79. The van der Waals surface area contributed by atoms with Crippen LogP contribution in [0.25, 0.3) is 0 Å². The van der Waals surface area contributed by atoms with Crippen LogP contribution in [0.3, 0.4) is 0 Å². The highest BCUT2D eigenvalue weighted by molar-refractivity contribution is 7.98. The normalized spacial score (nSPS) is 18.2. The molecule has 1 aliphatic heterocycles. The Balaban J connectivity index is 1.77. The van der Waals surface area contributed by atoms with E-state index in [0.717, 1.165) is 34.8 Å². The monoisotopic (exact) mass is 302 g/mol. The zero-order chi connectivity index (χ0) is 14.8. The van der Waals surface area contributed by atoms with Gasteiger partial charge < -0.3 is 4.90 Å². The van der Waals surface area contributed by atoms with Crippen LogP contribution in [-0.2, 0) is 0 Å². The molecule has 1 N–H and O–H groups in total. The van der Waals surface area contributed by atoms with E-state index < -0.39 is 0 Å². The topological polar surface area (TPSA) is 61.9 Å². The summed E-state index contributed by atoms with van der Waals surface area (Å²) in [6.45, 7) is 3.46. The average Bonchev–Trinajstić information content (AvgIpc) is 3.18. The Kier molecular flexibility index (Phi) is 3.96. The van der Waals surface area contributed by atoms with Crippen LogP contribution in [-0.4, -0.2) is 45.3 Å². The van der Waals surface area contributed by atoms with Gasteiger partial charge in [0.25, 0.3) is 5.91 Å². The molecule has 2 aromatic rings. The summed E-state index contributed by atoms with van der Waals surface area (Å²) in [6, 6.07) is 6.06. The van der Waals surface area contributed by atoms with Crippen LogP contribution in [0.15, 0.2) is 29.4 Å². The van der Waals surface area contributed by atoms with Crippen molar-refractivity contribution in [2.24, 2.45) is 0 Å². The summed E-state index contributed by atoms with van der Waals surface area (Å²) in [5.41, 5.74) is 1.83. The molecule has 1 aromatic heterocycles. The van der Waals surface area contributed by atoms with Gasteiger partial charge in [0.05, 0.1) is 0 Å². The van der Waals surface area contributed by atoms with Gasteiger partial charge >= 0.3 is 0 Å². The van der Waals surface area contributed by atoms with Crippen LogP contribution in [0.5, 0.6) is 0 Å².